The van der Waals surface area contributed by atoms with Crippen LogP contribution in [0.1, 0.15) is 5.89 Å². The number of nitrogens with zero attached hydrogens (tertiary/aromatic N) is 2. The first kappa shape index (κ1) is 12.7. The molecule has 0 radical (unpaired) electrons. The third kappa shape index (κ3) is 3.00. The molecule has 0 unspecified atom stereocenters. The second-order valence-electron chi connectivity index (χ2n) is 4.15. The molecule has 0 amide bonds. The minimum atomic E-state index is 0.263. The lowest BCUT2D eigenvalue weighted by Crippen LogP contribution is -1.80. The number of aromatic nitrogens is 2. The zero-order chi connectivity index (χ0) is 13.8. The van der Waals surface area contributed by atoms with Gasteiger partial charge in [-0.25, -0.2) is 0 Å². The molecule has 0 aliphatic heterocycles. The fourth-order valence-electron chi connectivity index (χ4n) is 1.70. The van der Waals surface area contributed by atoms with Crippen LogP contribution in [0.15, 0.2) is 63.9 Å². The summed E-state index contributed by atoms with van der Waals surface area (Å²) in [6.45, 7) is 0. The summed E-state index contributed by atoms with van der Waals surface area (Å²) in [5.74, 6) is 1.98. The van der Waals surface area contributed by atoms with E-state index in [0.29, 0.717) is 17.5 Å². The Morgan fingerprint density at radius 2 is 1.70 bits per heavy atom. The summed E-state index contributed by atoms with van der Waals surface area (Å²) < 4.78 is 5.62. The van der Waals surface area contributed by atoms with Crippen LogP contribution in [-0.2, 0) is 5.75 Å². The van der Waals surface area contributed by atoms with Crippen LogP contribution >= 0.6 is 11.8 Å². The maximum Gasteiger partial charge on any atom is 0.247 e. The molecule has 0 saturated heterocycles. The average molecular weight is 284 g/mol. The molecule has 1 heterocycles. The van der Waals surface area contributed by atoms with E-state index in [2.05, 4.69) is 10.2 Å². The molecule has 2 aromatic carbocycles. The molecule has 0 fully saturated rings. The molecule has 3 rings (SSSR count). The van der Waals surface area contributed by atoms with Gasteiger partial charge in [0.2, 0.25) is 11.8 Å². The van der Waals surface area contributed by atoms with Crippen LogP contribution in [0, 0.1) is 0 Å². The van der Waals surface area contributed by atoms with E-state index < -0.39 is 0 Å². The number of hydrogen-bond donors (Lipinski definition) is 1. The van der Waals surface area contributed by atoms with Crippen molar-refractivity contribution in [3.05, 3.63) is 60.5 Å². The summed E-state index contributed by atoms with van der Waals surface area (Å²) in [5, 5.41) is 17.3. The molecule has 1 N–H and O–H groups in total. The predicted octanol–water partition coefficient (Wildman–Crippen LogP) is 3.73. The van der Waals surface area contributed by atoms with Crippen molar-refractivity contribution in [2.24, 2.45) is 0 Å². The zero-order valence-electron chi connectivity index (χ0n) is 10.6. The molecular formula is C15H12N2O2S. The molecule has 1 aromatic heterocycles. The van der Waals surface area contributed by atoms with Crippen molar-refractivity contribution in [2.45, 2.75) is 10.6 Å². The van der Waals surface area contributed by atoms with Gasteiger partial charge in [0, 0.05) is 10.5 Å². The Hall–Kier alpha value is -2.27. The first-order valence-electron chi connectivity index (χ1n) is 6.11. The molecule has 0 aliphatic carbocycles. The van der Waals surface area contributed by atoms with Crippen molar-refractivity contribution in [2.75, 3.05) is 0 Å². The fraction of sp³-hybridized carbons (Fsp3) is 0.0667. The number of rotatable bonds is 4. The molecule has 20 heavy (non-hydrogen) atoms. The zero-order valence-corrected chi connectivity index (χ0v) is 11.4. The number of aromatic hydroxyl groups is 1. The Bertz CT molecular complexity index is 681. The highest BCUT2D eigenvalue weighted by Crippen LogP contribution is 2.25. The van der Waals surface area contributed by atoms with Crippen molar-refractivity contribution in [1.82, 2.24) is 10.2 Å². The van der Waals surface area contributed by atoms with E-state index in [9.17, 15) is 5.11 Å². The predicted molar refractivity (Wildman–Crippen MR) is 77.4 cm³/mol. The lowest BCUT2D eigenvalue weighted by atomic mass is 10.2. The maximum absolute atomic E-state index is 9.22. The highest BCUT2D eigenvalue weighted by molar-refractivity contribution is 7.98. The monoisotopic (exact) mass is 284 g/mol. The molecule has 0 spiro atoms. The SMILES string of the molecule is Oc1ccc(SCc2nnc(-c3ccccc3)o2)cc1. The summed E-state index contributed by atoms with van der Waals surface area (Å²) >= 11 is 1.58. The van der Waals surface area contributed by atoms with Crippen LogP contribution in [0.2, 0.25) is 0 Å². The van der Waals surface area contributed by atoms with Gasteiger partial charge in [0.25, 0.3) is 0 Å². The van der Waals surface area contributed by atoms with Crippen LogP contribution in [-0.4, -0.2) is 15.3 Å². The highest BCUT2D eigenvalue weighted by atomic mass is 32.2. The van der Waals surface area contributed by atoms with E-state index in [1.54, 1.807) is 23.9 Å². The number of hydrogen-bond acceptors (Lipinski definition) is 5. The second kappa shape index (κ2) is 5.79. The lowest BCUT2D eigenvalue weighted by molar-refractivity contribution is 0.475. The largest absolute Gasteiger partial charge is 0.508 e. The van der Waals surface area contributed by atoms with E-state index in [4.69, 9.17) is 4.42 Å². The highest BCUT2D eigenvalue weighted by Gasteiger charge is 2.08. The Morgan fingerprint density at radius 3 is 2.45 bits per heavy atom. The van der Waals surface area contributed by atoms with Gasteiger partial charge in [0.15, 0.2) is 0 Å². The van der Waals surface area contributed by atoms with Crippen LogP contribution in [0.25, 0.3) is 11.5 Å². The van der Waals surface area contributed by atoms with Crippen LogP contribution < -0.4 is 0 Å². The lowest BCUT2D eigenvalue weighted by Gasteiger charge is -1.98. The molecule has 3 aromatic rings. The Balaban J connectivity index is 1.67. The van der Waals surface area contributed by atoms with Crippen LogP contribution in [0.3, 0.4) is 0 Å². The van der Waals surface area contributed by atoms with Gasteiger partial charge in [0.1, 0.15) is 5.75 Å². The van der Waals surface area contributed by atoms with E-state index in [-0.39, 0.29) is 5.75 Å². The summed E-state index contributed by atoms with van der Waals surface area (Å²) in [5.41, 5.74) is 0.917. The quantitative estimate of drug-likeness (QED) is 0.740. The normalized spacial score (nSPS) is 10.6. The standard InChI is InChI=1S/C15H12N2O2S/c18-12-6-8-13(9-7-12)20-10-14-16-17-15(19-14)11-4-2-1-3-5-11/h1-9,18H,10H2. The van der Waals surface area contributed by atoms with E-state index in [1.165, 1.54) is 0 Å². The van der Waals surface area contributed by atoms with Gasteiger partial charge in [-0.15, -0.1) is 22.0 Å². The van der Waals surface area contributed by atoms with Crippen LogP contribution in [0.4, 0.5) is 0 Å². The fourth-order valence-corrected chi connectivity index (χ4v) is 2.43. The molecular weight excluding hydrogens is 272 g/mol. The van der Waals surface area contributed by atoms with E-state index in [1.807, 2.05) is 42.5 Å². The Kier molecular flexibility index (Phi) is 3.69. The number of phenols is 1. The second-order valence-corrected chi connectivity index (χ2v) is 5.20. The van der Waals surface area contributed by atoms with Crippen molar-refractivity contribution in [3.8, 4) is 17.2 Å². The minimum Gasteiger partial charge on any atom is -0.508 e. The van der Waals surface area contributed by atoms with Gasteiger partial charge in [0.05, 0.1) is 5.75 Å². The molecule has 5 heteroatoms. The maximum atomic E-state index is 9.22. The van der Waals surface area contributed by atoms with Crippen molar-refractivity contribution < 1.29 is 9.52 Å². The minimum absolute atomic E-state index is 0.263. The number of benzene rings is 2. The number of phenolic OH excluding ortho intramolecular Hbond substituents is 1. The van der Waals surface area contributed by atoms with Gasteiger partial charge in [-0.2, -0.15) is 0 Å². The van der Waals surface area contributed by atoms with Gasteiger partial charge < -0.3 is 9.52 Å². The summed E-state index contributed by atoms with van der Waals surface area (Å²) in [6.07, 6.45) is 0. The third-order valence-corrected chi connectivity index (χ3v) is 3.68. The van der Waals surface area contributed by atoms with Crippen molar-refractivity contribution in [3.63, 3.8) is 0 Å². The van der Waals surface area contributed by atoms with Crippen molar-refractivity contribution >= 4 is 11.8 Å². The van der Waals surface area contributed by atoms with Crippen LogP contribution in [0.5, 0.6) is 5.75 Å². The number of thioether (sulfide) groups is 1. The topological polar surface area (TPSA) is 59.2 Å². The third-order valence-electron chi connectivity index (χ3n) is 2.69. The molecule has 0 aliphatic rings. The van der Waals surface area contributed by atoms with E-state index in [0.717, 1.165) is 10.5 Å². The summed E-state index contributed by atoms with van der Waals surface area (Å²) in [4.78, 5) is 1.04. The first-order valence-corrected chi connectivity index (χ1v) is 7.09. The first-order chi connectivity index (χ1) is 9.81. The molecule has 0 bridgehead atoms. The molecule has 100 valence electrons. The van der Waals surface area contributed by atoms with Crippen molar-refractivity contribution in [1.29, 1.82) is 0 Å². The van der Waals surface area contributed by atoms with Gasteiger partial charge >= 0.3 is 0 Å². The van der Waals surface area contributed by atoms with Gasteiger partial charge in [-0.1, -0.05) is 18.2 Å². The van der Waals surface area contributed by atoms with Gasteiger partial charge in [-0.05, 0) is 36.4 Å². The molecule has 4 nitrogen and oxygen atoms in total. The van der Waals surface area contributed by atoms with Gasteiger partial charge in [-0.3, -0.25) is 0 Å². The Labute approximate surface area is 120 Å². The smallest absolute Gasteiger partial charge is 0.247 e. The van der Waals surface area contributed by atoms with E-state index >= 15 is 0 Å². The molecule has 0 atom stereocenters. The Morgan fingerprint density at radius 1 is 0.950 bits per heavy atom. The summed E-state index contributed by atoms with van der Waals surface area (Å²) in [7, 11) is 0. The average Bonchev–Trinajstić information content (AvgIpc) is 2.97. The summed E-state index contributed by atoms with van der Waals surface area (Å²) in [6, 6.07) is 16.7. The molecule has 0 saturated carbocycles.